The minimum absolute atomic E-state index is 0.110. The monoisotopic (exact) mass is 541 g/mol. The number of aromatic nitrogens is 3. The highest BCUT2D eigenvalue weighted by atomic mass is 32.1. The van der Waals surface area contributed by atoms with Crippen molar-refractivity contribution in [1.29, 1.82) is 0 Å². The number of aryl methyl sites for hydroxylation is 1. The first-order valence-electron chi connectivity index (χ1n) is 11.4. The zero-order valence-corrected chi connectivity index (χ0v) is 20.7. The van der Waals surface area contributed by atoms with Crippen LogP contribution in [-0.4, -0.2) is 46.5 Å². The smallest absolute Gasteiger partial charge is 0.451 e. The third kappa shape index (κ3) is 6.58. The molecule has 1 aliphatic heterocycles. The molecule has 1 fully saturated rings. The molecule has 2 atom stereocenters. The Morgan fingerprint density at radius 1 is 1.22 bits per heavy atom. The zero-order valence-electron chi connectivity index (χ0n) is 19.9. The highest BCUT2D eigenvalue weighted by Crippen LogP contribution is 2.33. The van der Waals surface area contributed by atoms with E-state index < -0.39 is 35.8 Å². The third-order valence-electron chi connectivity index (χ3n) is 5.88. The highest BCUT2D eigenvalue weighted by Gasteiger charge is 2.42. The fourth-order valence-electron chi connectivity index (χ4n) is 3.76. The van der Waals surface area contributed by atoms with Crippen molar-refractivity contribution in [2.45, 2.75) is 38.4 Å². The Hall–Kier alpha value is -3.19. The van der Waals surface area contributed by atoms with Crippen LogP contribution in [0.3, 0.4) is 0 Å². The number of amides is 1. The first-order chi connectivity index (χ1) is 17.4. The van der Waals surface area contributed by atoms with Gasteiger partial charge in [0, 0.05) is 59.7 Å². The Bertz CT molecular complexity index is 1250. The van der Waals surface area contributed by atoms with Gasteiger partial charge in [0.1, 0.15) is 10.8 Å². The number of ether oxygens (including phenoxy) is 1. The summed E-state index contributed by atoms with van der Waals surface area (Å²) in [5.41, 5.74) is 1.02. The van der Waals surface area contributed by atoms with Crippen LogP contribution in [0, 0.1) is 12.8 Å². The van der Waals surface area contributed by atoms with Crippen molar-refractivity contribution in [3.05, 3.63) is 58.6 Å². The van der Waals surface area contributed by atoms with Gasteiger partial charge in [0.2, 0.25) is 5.82 Å². The van der Waals surface area contributed by atoms with E-state index in [1.165, 1.54) is 17.4 Å². The van der Waals surface area contributed by atoms with Crippen LogP contribution in [0.25, 0.3) is 10.6 Å². The Morgan fingerprint density at radius 2 is 1.95 bits per heavy atom. The predicted octanol–water partition coefficient (Wildman–Crippen LogP) is 5.04. The number of carbonyl (C=O) groups is 1. The number of hydrogen-bond acceptors (Lipinski definition) is 7. The van der Waals surface area contributed by atoms with Crippen molar-refractivity contribution in [2.24, 2.45) is 5.92 Å². The molecule has 2 N–H and O–H groups in total. The van der Waals surface area contributed by atoms with Gasteiger partial charge in [0.25, 0.3) is 11.8 Å². The van der Waals surface area contributed by atoms with Crippen LogP contribution in [0.15, 0.2) is 36.8 Å². The number of rotatable bonds is 7. The van der Waals surface area contributed by atoms with Crippen LogP contribution in [0.2, 0.25) is 0 Å². The maximum atomic E-state index is 14.3. The lowest BCUT2D eigenvalue weighted by Crippen LogP contribution is -2.47. The van der Waals surface area contributed by atoms with Crippen LogP contribution < -0.4 is 15.4 Å². The van der Waals surface area contributed by atoms with Crippen molar-refractivity contribution in [3.63, 3.8) is 0 Å². The number of nitrogens with zero attached hydrogens (tertiary/aromatic N) is 3. The van der Waals surface area contributed by atoms with E-state index >= 15 is 0 Å². The summed E-state index contributed by atoms with van der Waals surface area (Å²) in [6.45, 7) is 3.54. The number of piperidine rings is 1. The maximum absolute atomic E-state index is 14.3. The van der Waals surface area contributed by atoms with E-state index in [9.17, 15) is 26.7 Å². The molecule has 1 unspecified atom stereocenters. The SMILES string of the molecule is Cc1cnc(-c2cc(OCC3CNCCC3(F)F)cc(C(=O)N[C@H](C)c3cnc(C(F)(F)F)nc3)c2)s1. The molecule has 0 saturated carbocycles. The molecule has 7 nitrogen and oxygen atoms in total. The van der Waals surface area contributed by atoms with Crippen molar-refractivity contribution in [3.8, 4) is 16.3 Å². The minimum atomic E-state index is -4.67. The summed E-state index contributed by atoms with van der Waals surface area (Å²) in [6, 6.07) is 3.95. The summed E-state index contributed by atoms with van der Waals surface area (Å²) in [6.07, 6.45) is -1.27. The van der Waals surface area contributed by atoms with Gasteiger partial charge in [-0.15, -0.1) is 11.3 Å². The molecule has 3 heterocycles. The van der Waals surface area contributed by atoms with E-state index in [-0.39, 0.29) is 43.0 Å². The maximum Gasteiger partial charge on any atom is 0.451 e. The highest BCUT2D eigenvalue weighted by molar-refractivity contribution is 7.14. The van der Waals surface area contributed by atoms with E-state index in [4.69, 9.17) is 4.74 Å². The van der Waals surface area contributed by atoms with Crippen molar-refractivity contribution < 1.29 is 31.5 Å². The van der Waals surface area contributed by atoms with Gasteiger partial charge in [-0.2, -0.15) is 13.2 Å². The Balaban J connectivity index is 1.54. The second kappa shape index (κ2) is 10.7. The van der Waals surface area contributed by atoms with Crippen molar-refractivity contribution >= 4 is 17.2 Å². The van der Waals surface area contributed by atoms with E-state index in [1.807, 2.05) is 6.92 Å². The van der Waals surface area contributed by atoms with Gasteiger partial charge >= 0.3 is 6.18 Å². The molecule has 1 aliphatic rings. The van der Waals surface area contributed by atoms with Crippen molar-refractivity contribution in [1.82, 2.24) is 25.6 Å². The molecule has 37 heavy (non-hydrogen) atoms. The number of halogens is 5. The number of nitrogens with one attached hydrogen (secondary N) is 2. The van der Waals surface area contributed by atoms with Gasteiger partial charge in [-0.1, -0.05) is 0 Å². The summed E-state index contributed by atoms with van der Waals surface area (Å²) in [5, 5.41) is 6.25. The van der Waals surface area contributed by atoms with Crippen LogP contribution >= 0.6 is 11.3 Å². The molecule has 1 amide bonds. The largest absolute Gasteiger partial charge is 0.493 e. The van der Waals surface area contributed by atoms with E-state index in [0.29, 0.717) is 10.6 Å². The van der Waals surface area contributed by atoms with Crippen LogP contribution in [0.1, 0.15) is 46.0 Å². The molecular weight excluding hydrogens is 517 g/mol. The number of hydrogen-bond donors (Lipinski definition) is 2. The lowest BCUT2D eigenvalue weighted by molar-refractivity contribution is -0.145. The Kier molecular flexibility index (Phi) is 7.74. The average Bonchev–Trinajstić information content (AvgIpc) is 3.28. The standard InChI is InChI=1S/C24H24F5N5O2S/c1-13-8-31-21(37-13)16-5-15(6-19(7-16)36-12-18-11-30-4-3-23(18,25)26)20(35)34-14(2)17-9-32-22(33-10-17)24(27,28)29/h5-10,14,18,30H,3-4,11-12H2,1-2H3,(H,34,35)/t14-,18?/m1/s1. The predicted molar refractivity (Wildman–Crippen MR) is 127 cm³/mol. The molecule has 3 aromatic rings. The molecule has 0 aliphatic carbocycles. The Labute approximate surface area is 213 Å². The molecule has 13 heteroatoms. The van der Waals surface area contributed by atoms with Crippen LogP contribution in [0.4, 0.5) is 22.0 Å². The van der Waals surface area contributed by atoms with E-state index in [2.05, 4.69) is 25.6 Å². The van der Waals surface area contributed by atoms with Gasteiger partial charge in [0.15, 0.2) is 0 Å². The molecule has 1 aromatic carbocycles. The molecule has 1 saturated heterocycles. The van der Waals surface area contributed by atoms with Gasteiger partial charge in [-0.3, -0.25) is 4.79 Å². The van der Waals surface area contributed by atoms with Crippen LogP contribution in [0.5, 0.6) is 5.75 Å². The molecular formula is C24H24F5N5O2S. The molecule has 0 radical (unpaired) electrons. The minimum Gasteiger partial charge on any atom is -0.493 e. The van der Waals surface area contributed by atoms with Gasteiger partial charge in [-0.25, -0.2) is 23.7 Å². The van der Waals surface area contributed by atoms with Gasteiger partial charge < -0.3 is 15.4 Å². The number of benzene rings is 1. The summed E-state index contributed by atoms with van der Waals surface area (Å²) in [5.74, 6) is -5.49. The lowest BCUT2D eigenvalue weighted by atomic mass is 9.96. The van der Waals surface area contributed by atoms with Crippen molar-refractivity contribution in [2.75, 3.05) is 19.7 Å². The Morgan fingerprint density at radius 3 is 2.57 bits per heavy atom. The molecule has 198 valence electrons. The summed E-state index contributed by atoms with van der Waals surface area (Å²) < 4.78 is 72.5. The summed E-state index contributed by atoms with van der Waals surface area (Å²) >= 11 is 1.39. The van der Waals surface area contributed by atoms with Crippen LogP contribution in [-0.2, 0) is 6.18 Å². The molecule has 0 bridgehead atoms. The second-order valence-electron chi connectivity index (χ2n) is 8.78. The lowest BCUT2D eigenvalue weighted by Gasteiger charge is -2.31. The molecule has 2 aromatic heterocycles. The van der Waals surface area contributed by atoms with Gasteiger partial charge in [0.05, 0.1) is 18.6 Å². The first-order valence-corrected chi connectivity index (χ1v) is 12.2. The van der Waals surface area contributed by atoms with E-state index in [0.717, 1.165) is 17.3 Å². The molecule has 0 spiro atoms. The topological polar surface area (TPSA) is 89.0 Å². The third-order valence-corrected chi connectivity index (χ3v) is 6.85. The number of alkyl halides is 5. The number of thiazole rings is 1. The fourth-order valence-corrected chi connectivity index (χ4v) is 4.51. The van der Waals surface area contributed by atoms with E-state index in [1.54, 1.807) is 25.3 Å². The zero-order chi connectivity index (χ0) is 26.8. The normalized spacial score (nSPS) is 18.3. The summed E-state index contributed by atoms with van der Waals surface area (Å²) in [4.78, 5) is 25.0. The summed E-state index contributed by atoms with van der Waals surface area (Å²) in [7, 11) is 0. The fraction of sp³-hybridized carbons (Fsp3) is 0.417. The second-order valence-corrected chi connectivity index (χ2v) is 10.0. The molecule has 4 rings (SSSR count). The quantitative estimate of drug-likeness (QED) is 0.408. The first kappa shape index (κ1) is 26.9. The number of carbonyl (C=O) groups excluding carboxylic acids is 1. The average molecular weight is 542 g/mol. The van der Waals surface area contributed by atoms with Gasteiger partial charge in [-0.05, 0) is 32.0 Å².